The van der Waals surface area contributed by atoms with Gasteiger partial charge in [-0.3, -0.25) is 4.79 Å². The number of thiazole rings is 1. The molecule has 0 aliphatic rings. The Labute approximate surface area is 131 Å². The molecular formula is C16H15FN2O2S. The van der Waals surface area contributed by atoms with Crippen LogP contribution < -0.4 is 0 Å². The van der Waals surface area contributed by atoms with E-state index in [1.54, 1.807) is 19.4 Å². The summed E-state index contributed by atoms with van der Waals surface area (Å²) in [6, 6.07) is 4.34. The molecule has 2 heterocycles. The van der Waals surface area contributed by atoms with Crippen LogP contribution in [0.3, 0.4) is 0 Å². The Morgan fingerprint density at radius 3 is 3.05 bits per heavy atom. The molecule has 4 nitrogen and oxygen atoms in total. The third kappa shape index (κ3) is 2.55. The summed E-state index contributed by atoms with van der Waals surface area (Å²) < 4.78 is 18.7. The lowest BCUT2D eigenvalue weighted by molar-refractivity contribution is 0.0962. The van der Waals surface area contributed by atoms with Crippen molar-refractivity contribution in [2.75, 3.05) is 7.11 Å². The Balaban J connectivity index is 1.98. The van der Waals surface area contributed by atoms with Gasteiger partial charge in [-0.05, 0) is 24.6 Å². The van der Waals surface area contributed by atoms with E-state index in [-0.39, 0.29) is 17.7 Å². The van der Waals surface area contributed by atoms with Crippen LogP contribution in [-0.2, 0) is 4.74 Å². The summed E-state index contributed by atoms with van der Waals surface area (Å²) in [4.78, 5) is 20.0. The predicted molar refractivity (Wildman–Crippen MR) is 83.8 cm³/mol. The fourth-order valence-corrected chi connectivity index (χ4v) is 3.24. The normalized spacial score (nSPS) is 12.7. The van der Waals surface area contributed by atoms with Gasteiger partial charge < -0.3 is 9.72 Å². The van der Waals surface area contributed by atoms with Gasteiger partial charge in [0.15, 0.2) is 5.01 Å². The number of aromatic nitrogens is 2. The lowest BCUT2D eigenvalue weighted by atomic mass is 10.1. The maximum absolute atomic E-state index is 13.4. The summed E-state index contributed by atoms with van der Waals surface area (Å²) in [5.74, 6) is -0.578. The third-order valence-corrected chi connectivity index (χ3v) is 4.45. The smallest absolute Gasteiger partial charge is 0.223 e. The Morgan fingerprint density at radius 2 is 2.32 bits per heavy atom. The minimum absolute atomic E-state index is 0.113. The van der Waals surface area contributed by atoms with Gasteiger partial charge in [-0.1, -0.05) is 6.92 Å². The largest absolute Gasteiger partial charge is 0.375 e. The van der Waals surface area contributed by atoms with Gasteiger partial charge in [-0.25, -0.2) is 9.37 Å². The van der Waals surface area contributed by atoms with Crippen LogP contribution in [0.15, 0.2) is 29.8 Å². The number of methoxy groups -OCH3 is 1. The van der Waals surface area contributed by atoms with Crippen molar-refractivity contribution in [3.05, 3.63) is 51.9 Å². The van der Waals surface area contributed by atoms with Gasteiger partial charge in [0.25, 0.3) is 0 Å². The zero-order chi connectivity index (χ0) is 15.7. The second-order valence-corrected chi connectivity index (χ2v) is 5.79. The zero-order valence-corrected chi connectivity index (χ0v) is 13.0. The quantitative estimate of drug-likeness (QED) is 0.721. The van der Waals surface area contributed by atoms with Crippen LogP contribution in [0.25, 0.3) is 10.9 Å². The average Bonchev–Trinajstić information content (AvgIpc) is 3.14. The van der Waals surface area contributed by atoms with Crippen LogP contribution >= 0.6 is 11.3 Å². The number of nitrogens with zero attached hydrogens (tertiary/aromatic N) is 1. The summed E-state index contributed by atoms with van der Waals surface area (Å²) in [7, 11) is 1.62. The van der Waals surface area contributed by atoms with E-state index in [9.17, 15) is 9.18 Å². The van der Waals surface area contributed by atoms with Gasteiger partial charge >= 0.3 is 0 Å². The van der Waals surface area contributed by atoms with E-state index in [0.717, 1.165) is 17.6 Å². The first kappa shape index (κ1) is 14.9. The van der Waals surface area contributed by atoms with Crippen LogP contribution in [0.5, 0.6) is 0 Å². The molecule has 0 fully saturated rings. The SMILES string of the molecule is CC[C@H](OC)c1csc(C(=O)c2c[nH]c3ccc(F)cc23)n1. The molecule has 2 aromatic heterocycles. The van der Waals surface area contributed by atoms with Gasteiger partial charge in [0, 0.05) is 29.6 Å². The highest BCUT2D eigenvalue weighted by molar-refractivity contribution is 7.12. The van der Waals surface area contributed by atoms with Crippen molar-refractivity contribution < 1.29 is 13.9 Å². The molecule has 0 radical (unpaired) electrons. The number of hydrogen-bond donors (Lipinski definition) is 1. The van der Waals surface area contributed by atoms with Crippen molar-refractivity contribution in [3.8, 4) is 0 Å². The van der Waals surface area contributed by atoms with Crippen molar-refractivity contribution in [3.63, 3.8) is 0 Å². The molecule has 0 amide bonds. The molecule has 1 atom stereocenters. The minimum atomic E-state index is -0.369. The first-order valence-corrected chi connectivity index (χ1v) is 7.81. The number of H-pyrrole nitrogens is 1. The molecule has 0 unspecified atom stereocenters. The first-order chi connectivity index (χ1) is 10.6. The van der Waals surface area contributed by atoms with Crippen molar-refractivity contribution in [1.29, 1.82) is 0 Å². The summed E-state index contributed by atoms with van der Waals surface area (Å²) in [5.41, 5.74) is 1.91. The first-order valence-electron chi connectivity index (χ1n) is 6.93. The van der Waals surface area contributed by atoms with Gasteiger partial charge in [0.05, 0.1) is 17.4 Å². The van der Waals surface area contributed by atoms with E-state index in [0.29, 0.717) is 16.0 Å². The Bertz CT molecular complexity index is 821. The standard InChI is InChI=1S/C16H15FN2O2S/c1-3-14(21-2)13-8-22-16(19-13)15(20)11-7-18-12-5-4-9(17)6-10(11)12/h4-8,14,18H,3H2,1-2H3/t14-/m0/s1. The number of benzene rings is 1. The highest BCUT2D eigenvalue weighted by atomic mass is 32.1. The highest BCUT2D eigenvalue weighted by Crippen LogP contribution is 2.26. The minimum Gasteiger partial charge on any atom is -0.375 e. The topological polar surface area (TPSA) is 55.0 Å². The zero-order valence-electron chi connectivity index (χ0n) is 12.2. The molecule has 0 bridgehead atoms. The maximum Gasteiger partial charge on any atom is 0.223 e. The number of rotatable bonds is 5. The fraction of sp³-hybridized carbons (Fsp3) is 0.250. The summed E-state index contributed by atoms with van der Waals surface area (Å²) in [6.07, 6.45) is 2.27. The average molecular weight is 318 g/mol. The van der Waals surface area contributed by atoms with Crippen LogP contribution in [0, 0.1) is 5.82 Å². The van der Waals surface area contributed by atoms with Gasteiger partial charge in [0.1, 0.15) is 5.82 Å². The van der Waals surface area contributed by atoms with Crippen molar-refractivity contribution in [1.82, 2.24) is 9.97 Å². The number of nitrogens with one attached hydrogen (secondary N) is 1. The molecule has 114 valence electrons. The monoisotopic (exact) mass is 318 g/mol. The molecule has 0 saturated heterocycles. The van der Waals surface area contributed by atoms with Gasteiger partial charge in [-0.15, -0.1) is 11.3 Å². The Hall–Kier alpha value is -2.05. The number of carbonyl (C=O) groups is 1. The molecule has 0 saturated carbocycles. The summed E-state index contributed by atoms with van der Waals surface area (Å²) in [6.45, 7) is 2.00. The molecule has 3 rings (SSSR count). The van der Waals surface area contributed by atoms with Crippen molar-refractivity contribution in [2.45, 2.75) is 19.4 Å². The van der Waals surface area contributed by atoms with Gasteiger partial charge in [0.2, 0.25) is 5.78 Å². The molecule has 1 N–H and O–H groups in total. The number of aromatic amines is 1. The lowest BCUT2D eigenvalue weighted by Gasteiger charge is -2.08. The molecule has 6 heteroatoms. The summed E-state index contributed by atoms with van der Waals surface area (Å²) >= 11 is 1.28. The number of carbonyl (C=O) groups excluding carboxylic acids is 1. The second-order valence-electron chi connectivity index (χ2n) is 4.93. The van der Waals surface area contributed by atoms with Crippen LogP contribution in [-0.4, -0.2) is 22.9 Å². The number of halogens is 1. The number of fused-ring (bicyclic) bond motifs is 1. The molecule has 22 heavy (non-hydrogen) atoms. The molecular weight excluding hydrogens is 303 g/mol. The second kappa shape index (κ2) is 5.98. The number of ketones is 1. The van der Waals surface area contributed by atoms with E-state index in [1.165, 1.54) is 23.5 Å². The molecule has 0 aliphatic heterocycles. The molecule has 1 aromatic carbocycles. The van der Waals surface area contributed by atoms with E-state index in [2.05, 4.69) is 9.97 Å². The van der Waals surface area contributed by atoms with Crippen molar-refractivity contribution >= 4 is 28.0 Å². The van der Waals surface area contributed by atoms with E-state index < -0.39 is 0 Å². The molecule has 0 aliphatic carbocycles. The predicted octanol–water partition coefficient (Wildman–Crippen LogP) is 4.09. The molecule has 0 spiro atoms. The van der Waals surface area contributed by atoms with E-state index >= 15 is 0 Å². The van der Waals surface area contributed by atoms with Crippen LogP contribution in [0.2, 0.25) is 0 Å². The third-order valence-electron chi connectivity index (χ3n) is 3.59. The van der Waals surface area contributed by atoms with E-state index in [1.807, 2.05) is 12.3 Å². The maximum atomic E-state index is 13.4. The van der Waals surface area contributed by atoms with E-state index in [4.69, 9.17) is 4.74 Å². The van der Waals surface area contributed by atoms with Crippen LogP contribution in [0.4, 0.5) is 4.39 Å². The van der Waals surface area contributed by atoms with Crippen LogP contribution in [0.1, 0.15) is 40.5 Å². The van der Waals surface area contributed by atoms with Crippen molar-refractivity contribution in [2.24, 2.45) is 0 Å². The Kier molecular flexibility index (Phi) is 4.04. The number of hydrogen-bond acceptors (Lipinski definition) is 4. The highest BCUT2D eigenvalue weighted by Gasteiger charge is 2.20. The molecule has 3 aromatic rings. The summed E-state index contributed by atoms with van der Waals surface area (Å²) in [5, 5.41) is 2.79. The lowest BCUT2D eigenvalue weighted by Crippen LogP contribution is -2.03. The fourth-order valence-electron chi connectivity index (χ4n) is 2.43. The Morgan fingerprint density at radius 1 is 1.50 bits per heavy atom. The van der Waals surface area contributed by atoms with Gasteiger partial charge in [-0.2, -0.15) is 0 Å². The number of ether oxygens (including phenoxy) is 1.